The molecule has 0 saturated heterocycles. The van der Waals surface area contributed by atoms with Crippen molar-refractivity contribution >= 4 is 0 Å². The van der Waals surface area contributed by atoms with Crippen LogP contribution in [0.2, 0.25) is 0 Å². The van der Waals surface area contributed by atoms with E-state index in [-0.39, 0.29) is 6.04 Å². The molecule has 0 aliphatic heterocycles. The molecule has 1 aromatic rings. The smallest absolute Gasteiger partial charge is 0.122 e. The van der Waals surface area contributed by atoms with E-state index in [1.54, 1.807) is 0 Å². The van der Waals surface area contributed by atoms with Gasteiger partial charge in [-0.3, -0.25) is 5.84 Å². The van der Waals surface area contributed by atoms with Gasteiger partial charge < -0.3 is 4.42 Å². The number of hydrazine groups is 1. The molecule has 0 bridgehead atoms. The van der Waals surface area contributed by atoms with Crippen LogP contribution in [0.4, 0.5) is 0 Å². The number of nitrogens with two attached hydrogens (primary N) is 1. The van der Waals surface area contributed by atoms with Crippen molar-refractivity contribution in [3.05, 3.63) is 23.7 Å². The van der Waals surface area contributed by atoms with Gasteiger partial charge in [0.25, 0.3) is 0 Å². The van der Waals surface area contributed by atoms with Gasteiger partial charge in [0.1, 0.15) is 11.5 Å². The molecule has 1 unspecified atom stereocenters. The largest absolute Gasteiger partial charge is 0.465 e. The molecule has 1 heterocycles. The number of nitrogens with one attached hydrogen (secondary N) is 1. The van der Waals surface area contributed by atoms with Crippen molar-refractivity contribution in [3.63, 3.8) is 0 Å². The van der Waals surface area contributed by atoms with Crippen molar-refractivity contribution in [1.29, 1.82) is 0 Å². The second-order valence-electron chi connectivity index (χ2n) is 2.96. The van der Waals surface area contributed by atoms with Crippen LogP contribution in [0.3, 0.4) is 0 Å². The van der Waals surface area contributed by atoms with Crippen LogP contribution in [-0.4, -0.2) is 0 Å². The molecule has 0 aliphatic rings. The fraction of sp³-hybridized carbons (Fsp3) is 0.556. The first-order valence-electron chi connectivity index (χ1n) is 4.30. The Morgan fingerprint density at radius 2 is 2.33 bits per heavy atom. The van der Waals surface area contributed by atoms with E-state index in [2.05, 4.69) is 12.3 Å². The van der Waals surface area contributed by atoms with Gasteiger partial charge in [0.2, 0.25) is 0 Å². The normalized spacial score (nSPS) is 13.2. The molecule has 0 fully saturated rings. The van der Waals surface area contributed by atoms with E-state index >= 15 is 0 Å². The van der Waals surface area contributed by atoms with E-state index in [1.165, 1.54) is 0 Å². The lowest BCUT2D eigenvalue weighted by atomic mass is 10.1. The molecule has 1 rings (SSSR count). The van der Waals surface area contributed by atoms with Gasteiger partial charge in [0.05, 0.1) is 6.04 Å². The first-order valence-corrected chi connectivity index (χ1v) is 4.30. The first kappa shape index (κ1) is 9.29. The summed E-state index contributed by atoms with van der Waals surface area (Å²) in [5, 5.41) is 0. The molecular weight excluding hydrogens is 152 g/mol. The molecule has 0 aromatic carbocycles. The van der Waals surface area contributed by atoms with Crippen LogP contribution in [0.15, 0.2) is 16.5 Å². The van der Waals surface area contributed by atoms with E-state index in [9.17, 15) is 0 Å². The lowest BCUT2D eigenvalue weighted by molar-refractivity contribution is 0.387. The average Bonchev–Trinajstić information content (AvgIpc) is 2.47. The van der Waals surface area contributed by atoms with Crippen LogP contribution >= 0.6 is 0 Å². The van der Waals surface area contributed by atoms with E-state index in [0.29, 0.717) is 0 Å². The number of hydrogen-bond donors (Lipinski definition) is 2. The number of hydrogen-bond acceptors (Lipinski definition) is 3. The van der Waals surface area contributed by atoms with Crippen LogP contribution in [0, 0.1) is 6.92 Å². The minimum absolute atomic E-state index is 0.156. The highest BCUT2D eigenvalue weighted by atomic mass is 16.3. The van der Waals surface area contributed by atoms with Crippen LogP contribution < -0.4 is 11.3 Å². The minimum atomic E-state index is 0.156. The van der Waals surface area contributed by atoms with Gasteiger partial charge in [-0.25, -0.2) is 5.43 Å². The van der Waals surface area contributed by atoms with Crippen LogP contribution in [0.25, 0.3) is 0 Å². The van der Waals surface area contributed by atoms with Crippen molar-refractivity contribution < 1.29 is 4.42 Å². The van der Waals surface area contributed by atoms with Gasteiger partial charge in [-0.05, 0) is 25.5 Å². The van der Waals surface area contributed by atoms with Crippen molar-refractivity contribution in [2.24, 2.45) is 5.84 Å². The molecule has 1 atom stereocenters. The van der Waals surface area contributed by atoms with E-state index in [4.69, 9.17) is 10.3 Å². The molecule has 0 amide bonds. The summed E-state index contributed by atoms with van der Waals surface area (Å²) in [5.41, 5.74) is 2.74. The molecule has 0 spiro atoms. The van der Waals surface area contributed by atoms with E-state index in [0.717, 1.165) is 24.4 Å². The standard InChI is InChI=1S/C9H16N2O/c1-3-4-8(11-10)9-6-5-7(2)12-9/h5-6,8,11H,3-4,10H2,1-2H3. The van der Waals surface area contributed by atoms with Gasteiger partial charge in [0, 0.05) is 0 Å². The third-order valence-electron chi connectivity index (χ3n) is 1.88. The summed E-state index contributed by atoms with van der Waals surface area (Å²) in [4.78, 5) is 0. The molecule has 3 N–H and O–H groups in total. The lowest BCUT2D eigenvalue weighted by Crippen LogP contribution is -2.27. The topological polar surface area (TPSA) is 51.2 Å². The zero-order valence-corrected chi connectivity index (χ0v) is 7.63. The Bertz CT molecular complexity index is 232. The predicted octanol–water partition coefficient (Wildman–Crippen LogP) is 1.89. The SMILES string of the molecule is CCCC(NN)c1ccc(C)o1. The number of rotatable bonds is 4. The highest BCUT2D eigenvalue weighted by Crippen LogP contribution is 2.19. The van der Waals surface area contributed by atoms with Crippen LogP contribution in [0.5, 0.6) is 0 Å². The summed E-state index contributed by atoms with van der Waals surface area (Å²) in [5.74, 6) is 7.25. The highest BCUT2D eigenvalue weighted by Gasteiger charge is 2.11. The second-order valence-corrected chi connectivity index (χ2v) is 2.96. The second kappa shape index (κ2) is 4.28. The molecule has 68 valence electrons. The Hall–Kier alpha value is -0.800. The quantitative estimate of drug-likeness (QED) is 0.533. The Balaban J connectivity index is 2.66. The molecule has 0 aliphatic carbocycles. The summed E-state index contributed by atoms with van der Waals surface area (Å²) in [7, 11) is 0. The van der Waals surface area contributed by atoms with Gasteiger partial charge in [-0.15, -0.1) is 0 Å². The fourth-order valence-corrected chi connectivity index (χ4v) is 1.24. The van der Waals surface area contributed by atoms with Crippen molar-refractivity contribution in [2.75, 3.05) is 0 Å². The minimum Gasteiger partial charge on any atom is -0.465 e. The van der Waals surface area contributed by atoms with Gasteiger partial charge in [-0.2, -0.15) is 0 Å². The summed E-state index contributed by atoms with van der Waals surface area (Å²) < 4.78 is 5.45. The number of aryl methyl sites for hydroxylation is 1. The van der Waals surface area contributed by atoms with E-state index in [1.807, 2.05) is 19.1 Å². The van der Waals surface area contributed by atoms with Crippen LogP contribution in [0.1, 0.15) is 37.3 Å². The molecule has 0 radical (unpaired) electrons. The van der Waals surface area contributed by atoms with Crippen molar-refractivity contribution in [1.82, 2.24) is 5.43 Å². The average molecular weight is 168 g/mol. The van der Waals surface area contributed by atoms with Crippen molar-refractivity contribution in [3.8, 4) is 0 Å². The highest BCUT2D eigenvalue weighted by molar-refractivity contribution is 5.09. The molecule has 0 saturated carbocycles. The number of furan rings is 1. The van der Waals surface area contributed by atoms with E-state index < -0.39 is 0 Å². The first-order chi connectivity index (χ1) is 5.77. The molecule has 3 nitrogen and oxygen atoms in total. The fourth-order valence-electron chi connectivity index (χ4n) is 1.24. The summed E-state index contributed by atoms with van der Waals surface area (Å²) in [6, 6.07) is 4.08. The van der Waals surface area contributed by atoms with Gasteiger partial charge in [-0.1, -0.05) is 13.3 Å². The zero-order valence-electron chi connectivity index (χ0n) is 7.63. The maximum atomic E-state index is 5.45. The molecule has 12 heavy (non-hydrogen) atoms. The third-order valence-corrected chi connectivity index (χ3v) is 1.88. The maximum absolute atomic E-state index is 5.45. The third kappa shape index (κ3) is 2.09. The van der Waals surface area contributed by atoms with Gasteiger partial charge in [0.15, 0.2) is 0 Å². The van der Waals surface area contributed by atoms with Crippen molar-refractivity contribution in [2.45, 2.75) is 32.7 Å². The maximum Gasteiger partial charge on any atom is 0.122 e. The molecule has 1 aromatic heterocycles. The van der Waals surface area contributed by atoms with Crippen LogP contribution in [-0.2, 0) is 0 Å². The lowest BCUT2D eigenvalue weighted by Gasteiger charge is -2.11. The Kier molecular flexibility index (Phi) is 3.31. The monoisotopic (exact) mass is 168 g/mol. The predicted molar refractivity (Wildman–Crippen MR) is 48.4 cm³/mol. The summed E-state index contributed by atoms with van der Waals surface area (Å²) in [6.45, 7) is 4.06. The summed E-state index contributed by atoms with van der Waals surface area (Å²) >= 11 is 0. The van der Waals surface area contributed by atoms with Gasteiger partial charge >= 0.3 is 0 Å². The Morgan fingerprint density at radius 3 is 2.75 bits per heavy atom. The summed E-state index contributed by atoms with van der Waals surface area (Å²) in [6.07, 6.45) is 2.10. The molecule has 3 heteroatoms. The zero-order chi connectivity index (χ0) is 8.97. The Morgan fingerprint density at radius 1 is 1.58 bits per heavy atom. The Labute approximate surface area is 72.9 Å². The molecular formula is C9H16N2O.